The van der Waals surface area contributed by atoms with Crippen LogP contribution in [-0.2, 0) is 0 Å². The van der Waals surface area contributed by atoms with Gasteiger partial charge in [-0.3, -0.25) is 0 Å². The van der Waals surface area contributed by atoms with Crippen LogP contribution in [0.15, 0.2) is 139 Å². The van der Waals surface area contributed by atoms with Crippen molar-refractivity contribution in [3.63, 3.8) is 0 Å². The van der Waals surface area contributed by atoms with Gasteiger partial charge in [0.05, 0.1) is 0 Å². The molecular weight excluding hydrogens is 800 g/mol. The summed E-state index contributed by atoms with van der Waals surface area (Å²) in [7, 11) is 0. The second kappa shape index (κ2) is 10.1. The van der Waals surface area contributed by atoms with Crippen molar-refractivity contribution in [2.75, 3.05) is 0 Å². The van der Waals surface area contributed by atoms with E-state index in [0.29, 0.717) is 0 Å². The smallest absolute Gasteiger partial charge is 0.0267 e. The fourth-order valence-electron chi connectivity index (χ4n) is 7.27. The maximum atomic E-state index is 4.13. The summed E-state index contributed by atoms with van der Waals surface area (Å²) in [6.45, 7) is 0. The quantitative estimate of drug-likeness (QED) is 0.143. The van der Waals surface area contributed by atoms with Crippen LogP contribution in [-0.4, -0.2) is 0 Å². The van der Waals surface area contributed by atoms with Crippen molar-refractivity contribution in [2.45, 2.75) is 0 Å². The summed E-state index contributed by atoms with van der Waals surface area (Å²) in [5.74, 6) is 0. The Hall–Kier alpha value is -3.28. The summed E-state index contributed by atoms with van der Waals surface area (Å²) in [4.78, 5) is 0. The molecule has 8 aromatic rings. The molecule has 0 heterocycles. The van der Waals surface area contributed by atoms with E-state index in [9.17, 15) is 0 Å². The number of hydrogen-bond donors (Lipinski definition) is 0. The fraction of sp³-hybridized carbons (Fsp3) is 0. The molecule has 0 aromatic heterocycles. The maximum Gasteiger partial charge on any atom is 0.0267 e. The summed E-state index contributed by atoms with van der Waals surface area (Å²) < 4.78 is 4.28. The van der Waals surface area contributed by atoms with Gasteiger partial charge in [-0.1, -0.05) is 161 Å². The van der Waals surface area contributed by atoms with Crippen molar-refractivity contribution in [3.8, 4) is 44.5 Å². The van der Waals surface area contributed by atoms with Crippen molar-refractivity contribution in [1.29, 1.82) is 0 Å². The van der Waals surface area contributed by atoms with Crippen LogP contribution >= 0.6 is 63.7 Å². The van der Waals surface area contributed by atoms with Crippen LogP contribution in [0.5, 0.6) is 0 Å². The van der Waals surface area contributed by atoms with E-state index in [1.54, 1.807) is 0 Å². The van der Waals surface area contributed by atoms with Gasteiger partial charge in [-0.05, 0) is 89.6 Å². The Morgan fingerprint density at radius 2 is 0.455 bits per heavy atom. The third-order valence-corrected chi connectivity index (χ3v) is 11.5. The lowest BCUT2D eigenvalue weighted by Crippen LogP contribution is -2.03. The highest BCUT2D eigenvalue weighted by Crippen LogP contribution is 2.60. The highest BCUT2D eigenvalue weighted by molar-refractivity contribution is 9.11. The molecule has 0 nitrogen and oxygen atoms in total. The molecule has 1 aliphatic carbocycles. The summed E-state index contributed by atoms with van der Waals surface area (Å²) >= 11 is 16.5. The summed E-state index contributed by atoms with van der Waals surface area (Å²) in [5, 5.41) is 9.69. The molecular formula is C40H20Br4. The molecule has 0 saturated heterocycles. The van der Waals surface area contributed by atoms with E-state index < -0.39 is 0 Å². The van der Waals surface area contributed by atoms with E-state index >= 15 is 0 Å². The molecule has 0 radical (unpaired) electrons. The van der Waals surface area contributed by atoms with Crippen molar-refractivity contribution in [3.05, 3.63) is 139 Å². The van der Waals surface area contributed by atoms with Gasteiger partial charge in [0.15, 0.2) is 0 Å². The van der Waals surface area contributed by atoms with E-state index in [1.807, 2.05) is 0 Å². The highest BCUT2D eigenvalue weighted by Gasteiger charge is 2.32. The average molecular weight is 820 g/mol. The zero-order valence-corrected chi connectivity index (χ0v) is 29.4. The van der Waals surface area contributed by atoms with Gasteiger partial charge in [0.1, 0.15) is 0 Å². The van der Waals surface area contributed by atoms with Crippen molar-refractivity contribution >= 4 is 107 Å². The second-order valence-corrected chi connectivity index (χ2v) is 14.7. The Morgan fingerprint density at radius 1 is 0.250 bits per heavy atom. The summed E-state index contributed by atoms with van der Waals surface area (Å²) in [6, 6.07) is 44.2. The largest absolute Gasteiger partial charge is 0.0616 e. The van der Waals surface area contributed by atoms with Gasteiger partial charge >= 0.3 is 0 Å². The highest BCUT2D eigenvalue weighted by atomic mass is 79.9. The van der Waals surface area contributed by atoms with Gasteiger partial charge in [-0.25, -0.2) is 0 Å². The molecule has 0 bridgehead atoms. The molecule has 208 valence electrons. The van der Waals surface area contributed by atoms with Gasteiger partial charge in [0.25, 0.3) is 0 Å². The van der Waals surface area contributed by atoms with Crippen LogP contribution in [0.25, 0.3) is 87.6 Å². The first-order valence-electron chi connectivity index (χ1n) is 14.4. The van der Waals surface area contributed by atoms with Crippen LogP contribution in [0, 0.1) is 0 Å². The number of hydrogen-bond acceptors (Lipinski definition) is 0. The summed E-state index contributed by atoms with van der Waals surface area (Å²) in [6.07, 6.45) is 0. The Morgan fingerprint density at radius 3 is 0.682 bits per heavy atom. The molecule has 44 heavy (non-hydrogen) atoms. The zero-order valence-electron chi connectivity index (χ0n) is 23.1. The Kier molecular flexibility index (Phi) is 6.22. The minimum atomic E-state index is 1.07. The predicted molar refractivity (Wildman–Crippen MR) is 203 cm³/mol. The average Bonchev–Trinajstić information content (AvgIpc) is 3.02. The topological polar surface area (TPSA) is 0 Å². The molecule has 9 rings (SSSR count). The van der Waals surface area contributed by atoms with E-state index in [2.05, 4.69) is 185 Å². The standard InChI is InChI=1S/C40H20Br4/c41-29-17-21-9-1-5-13-25(21)33-34-26-14-6-2-10-22(26)18-30(42)38(34)40-32(44)20-24-12-4-8-16-28(24)36(40)35-27-15-7-3-11-23(27)19-31(43)39(35)37(29)33/h1-20H. The fourth-order valence-corrected chi connectivity index (χ4v) is 9.84. The third-order valence-electron chi connectivity index (χ3n) is 9.00. The molecule has 8 aromatic carbocycles. The van der Waals surface area contributed by atoms with Crippen LogP contribution in [0.1, 0.15) is 0 Å². The van der Waals surface area contributed by atoms with E-state index in [-0.39, 0.29) is 0 Å². The monoisotopic (exact) mass is 816 g/mol. The number of halogens is 4. The molecule has 4 heteroatoms. The first-order chi connectivity index (χ1) is 21.5. The van der Waals surface area contributed by atoms with Crippen LogP contribution < -0.4 is 0 Å². The van der Waals surface area contributed by atoms with Crippen LogP contribution in [0.2, 0.25) is 0 Å². The van der Waals surface area contributed by atoms with Gasteiger partial charge in [0.2, 0.25) is 0 Å². The minimum absolute atomic E-state index is 1.07. The number of fused-ring (bicyclic) bond motifs is 16. The van der Waals surface area contributed by atoms with Gasteiger partial charge in [0, 0.05) is 40.1 Å². The number of benzene rings is 8. The van der Waals surface area contributed by atoms with Crippen molar-refractivity contribution in [1.82, 2.24) is 0 Å². The van der Waals surface area contributed by atoms with Crippen molar-refractivity contribution in [2.24, 2.45) is 0 Å². The molecule has 1 aliphatic rings. The van der Waals surface area contributed by atoms with E-state index in [4.69, 9.17) is 0 Å². The SMILES string of the molecule is Brc1cc2ccccc2c2c1-c1c(Br)cc3ccccc3c1-c1c(c(Br)cc3ccccc13)-c1c(Br)cc3ccccc3c1-2. The Labute approximate surface area is 288 Å². The second-order valence-electron chi connectivity index (χ2n) is 11.3. The molecule has 0 fully saturated rings. The number of rotatable bonds is 0. The van der Waals surface area contributed by atoms with Crippen molar-refractivity contribution < 1.29 is 0 Å². The van der Waals surface area contributed by atoms with Crippen LogP contribution in [0.3, 0.4) is 0 Å². The van der Waals surface area contributed by atoms with E-state index in [1.165, 1.54) is 87.6 Å². The molecule has 0 unspecified atom stereocenters. The lowest BCUT2D eigenvalue weighted by molar-refractivity contribution is 1.53. The van der Waals surface area contributed by atoms with Gasteiger partial charge in [-0.2, -0.15) is 0 Å². The predicted octanol–water partition coefficient (Wildman–Crippen LogP) is 14.3. The first-order valence-corrected chi connectivity index (χ1v) is 17.5. The first kappa shape index (κ1) is 27.1. The lowest BCUT2D eigenvalue weighted by atomic mass is 9.75. The van der Waals surface area contributed by atoms with Gasteiger partial charge in [-0.15, -0.1) is 0 Å². The zero-order chi connectivity index (χ0) is 29.7. The van der Waals surface area contributed by atoms with Crippen LogP contribution in [0.4, 0.5) is 0 Å². The Balaban J connectivity index is 1.69. The third kappa shape index (κ3) is 3.78. The molecule has 0 spiro atoms. The molecule has 0 N–H and O–H groups in total. The maximum absolute atomic E-state index is 4.13. The minimum Gasteiger partial charge on any atom is -0.0616 e. The molecule has 0 saturated carbocycles. The van der Waals surface area contributed by atoms with Gasteiger partial charge < -0.3 is 0 Å². The molecule has 0 aliphatic heterocycles. The molecule has 0 atom stereocenters. The van der Waals surface area contributed by atoms with E-state index in [0.717, 1.165) is 17.9 Å². The summed E-state index contributed by atoms with van der Waals surface area (Å²) in [5.41, 5.74) is 9.67. The normalized spacial score (nSPS) is 12.1. The lowest BCUT2D eigenvalue weighted by Gasteiger charge is -2.30. The molecule has 0 amide bonds. The Bertz CT molecular complexity index is 2190.